The van der Waals surface area contributed by atoms with Crippen LogP contribution in [0, 0.1) is 0 Å². The average Bonchev–Trinajstić information content (AvgIpc) is 3.17. The molecule has 8 nitrogen and oxygen atoms in total. The predicted octanol–water partition coefficient (Wildman–Crippen LogP) is 2.03. The van der Waals surface area contributed by atoms with Crippen LogP contribution in [-0.2, 0) is 9.59 Å². The molecule has 1 fully saturated rings. The van der Waals surface area contributed by atoms with E-state index < -0.39 is 23.5 Å². The maximum Gasteiger partial charge on any atom is 0.295 e. The average molecular weight is 511 g/mol. The number of nitrogens with one attached hydrogen (secondary N) is 1. The lowest BCUT2D eigenvalue weighted by Crippen LogP contribution is -3.12. The van der Waals surface area contributed by atoms with Crippen molar-refractivity contribution in [1.82, 2.24) is 4.90 Å². The van der Waals surface area contributed by atoms with Gasteiger partial charge in [-0.25, -0.2) is 0 Å². The Bertz CT molecular complexity index is 1110. The molecule has 0 aromatic heterocycles. The minimum Gasteiger partial charge on any atom is -0.872 e. The fourth-order valence-electron chi connectivity index (χ4n) is 4.54. The summed E-state index contributed by atoms with van der Waals surface area (Å²) in [5.74, 6) is -0.193. The number of quaternary nitrogens is 1. The van der Waals surface area contributed by atoms with E-state index in [-0.39, 0.29) is 5.57 Å². The summed E-state index contributed by atoms with van der Waals surface area (Å²) in [6, 6.07) is 11.1. The van der Waals surface area contributed by atoms with E-state index in [9.17, 15) is 14.7 Å². The summed E-state index contributed by atoms with van der Waals surface area (Å²) in [6.45, 7) is 11.9. The highest BCUT2D eigenvalue weighted by Crippen LogP contribution is 2.41. The van der Waals surface area contributed by atoms with E-state index in [2.05, 4.69) is 13.8 Å². The van der Waals surface area contributed by atoms with Crippen LogP contribution in [-0.4, -0.2) is 63.1 Å². The molecule has 1 N–H and O–H groups in total. The van der Waals surface area contributed by atoms with Crippen molar-refractivity contribution in [3.8, 4) is 17.2 Å². The Morgan fingerprint density at radius 3 is 2.27 bits per heavy atom. The van der Waals surface area contributed by atoms with Gasteiger partial charge in [0, 0.05) is 5.57 Å². The summed E-state index contributed by atoms with van der Waals surface area (Å²) in [5.41, 5.74) is 0.910. The zero-order chi connectivity index (χ0) is 26.9. The third-order valence-electron chi connectivity index (χ3n) is 6.63. The number of hydrogen-bond acceptors (Lipinski definition) is 6. The van der Waals surface area contributed by atoms with Crippen LogP contribution in [0.4, 0.5) is 0 Å². The first-order chi connectivity index (χ1) is 17.9. The number of carbonyl (C=O) groups excluding carboxylic acids is 2. The molecule has 1 atom stereocenters. The van der Waals surface area contributed by atoms with Crippen LogP contribution < -0.4 is 24.2 Å². The fourth-order valence-corrected chi connectivity index (χ4v) is 4.54. The van der Waals surface area contributed by atoms with Gasteiger partial charge in [0.2, 0.25) is 5.78 Å². The first-order valence-corrected chi connectivity index (χ1v) is 13.0. The zero-order valence-corrected chi connectivity index (χ0v) is 22.5. The topological polar surface area (TPSA) is 92.6 Å². The molecule has 0 radical (unpaired) electrons. The SMILES string of the molecule is CCCOc1ccc(C2/C(=C(\[O-])c3ccc(OCC)cc3)C(=O)C(=O)N2CC[NH+](CC)CC)cc1OC. The van der Waals surface area contributed by atoms with Crippen LogP contribution in [0.5, 0.6) is 17.2 Å². The lowest BCUT2D eigenvalue weighted by molar-refractivity contribution is -0.895. The molecule has 2 aromatic rings. The highest BCUT2D eigenvalue weighted by Gasteiger charge is 2.44. The Balaban J connectivity index is 2.10. The number of carbonyl (C=O) groups is 2. The van der Waals surface area contributed by atoms with Gasteiger partial charge in [-0.05, 0) is 62.6 Å². The first kappa shape index (κ1) is 28.1. The molecule has 1 aliphatic rings. The third kappa shape index (κ3) is 6.25. The number of benzene rings is 2. The molecule has 1 unspecified atom stereocenters. The van der Waals surface area contributed by atoms with Gasteiger partial charge < -0.3 is 29.1 Å². The van der Waals surface area contributed by atoms with Crippen molar-refractivity contribution < 1.29 is 33.8 Å². The van der Waals surface area contributed by atoms with Crippen LogP contribution in [0.25, 0.3) is 5.76 Å². The quantitative estimate of drug-likeness (QED) is 0.252. The minimum atomic E-state index is -0.817. The second kappa shape index (κ2) is 13.1. The molecular weight excluding hydrogens is 472 g/mol. The number of nitrogens with zero attached hydrogens (tertiary/aromatic N) is 1. The van der Waals surface area contributed by atoms with Crippen molar-refractivity contribution in [1.29, 1.82) is 0 Å². The van der Waals surface area contributed by atoms with E-state index in [1.807, 2.05) is 13.8 Å². The van der Waals surface area contributed by atoms with E-state index in [1.54, 1.807) is 49.6 Å². The molecule has 1 saturated heterocycles. The first-order valence-electron chi connectivity index (χ1n) is 13.0. The number of rotatable bonds is 13. The van der Waals surface area contributed by atoms with Gasteiger partial charge in [-0.15, -0.1) is 0 Å². The summed E-state index contributed by atoms with van der Waals surface area (Å²) < 4.78 is 16.8. The molecule has 1 heterocycles. The lowest BCUT2D eigenvalue weighted by atomic mass is 9.95. The van der Waals surface area contributed by atoms with Gasteiger partial charge >= 0.3 is 0 Å². The number of likely N-dealkylation sites (tertiary alicyclic amines) is 1. The Kier molecular flexibility index (Phi) is 9.97. The molecule has 8 heteroatoms. The highest BCUT2D eigenvalue weighted by atomic mass is 16.5. The Morgan fingerprint density at radius 1 is 0.973 bits per heavy atom. The van der Waals surface area contributed by atoms with Crippen LogP contribution >= 0.6 is 0 Å². The van der Waals surface area contributed by atoms with Crippen molar-refractivity contribution in [3.63, 3.8) is 0 Å². The van der Waals surface area contributed by atoms with E-state index in [0.717, 1.165) is 19.5 Å². The Labute approximate surface area is 219 Å². The van der Waals surface area contributed by atoms with Gasteiger partial charge in [0.05, 0.1) is 52.5 Å². The molecule has 0 spiro atoms. The molecule has 37 heavy (non-hydrogen) atoms. The number of methoxy groups -OCH3 is 1. The van der Waals surface area contributed by atoms with Gasteiger partial charge in [0.1, 0.15) is 5.75 Å². The van der Waals surface area contributed by atoms with Crippen molar-refractivity contribution in [2.24, 2.45) is 0 Å². The van der Waals surface area contributed by atoms with Gasteiger partial charge in [0.25, 0.3) is 5.91 Å². The van der Waals surface area contributed by atoms with Gasteiger partial charge in [-0.3, -0.25) is 9.59 Å². The number of ether oxygens (including phenoxy) is 3. The van der Waals surface area contributed by atoms with Crippen molar-refractivity contribution in [3.05, 3.63) is 59.2 Å². The van der Waals surface area contributed by atoms with Crippen molar-refractivity contribution in [2.75, 3.05) is 46.5 Å². The van der Waals surface area contributed by atoms with Crippen molar-refractivity contribution in [2.45, 2.75) is 40.2 Å². The summed E-state index contributed by atoms with van der Waals surface area (Å²) in [5, 5.41) is 13.7. The lowest BCUT2D eigenvalue weighted by Gasteiger charge is -2.29. The van der Waals surface area contributed by atoms with Gasteiger partial charge in [-0.2, -0.15) is 0 Å². The van der Waals surface area contributed by atoms with E-state index in [1.165, 1.54) is 9.80 Å². The van der Waals surface area contributed by atoms with Crippen molar-refractivity contribution >= 4 is 17.4 Å². The highest BCUT2D eigenvalue weighted by molar-refractivity contribution is 6.46. The number of Topliss-reactive ketones (excluding diaryl/α,β-unsaturated/α-hetero) is 1. The smallest absolute Gasteiger partial charge is 0.295 e. The zero-order valence-electron chi connectivity index (χ0n) is 22.5. The maximum atomic E-state index is 13.7. The molecule has 1 aliphatic heterocycles. The Hall–Kier alpha value is -3.52. The summed E-state index contributed by atoms with van der Waals surface area (Å²) in [7, 11) is 1.54. The molecule has 0 bridgehead atoms. The van der Waals surface area contributed by atoms with Crippen LogP contribution in [0.3, 0.4) is 0 Å². The number of amides is 1. The molecule has 2 aromatic carbocycles. The predicted molar refractivity (Wildman–Crippen MR) is 140 cm³/mol. The third-order valence-corrected chi connectivity index (χ3v) is 6.63. The second-order valence-electron chi connectivity index (χ2n) is 8.90. The maximum absolute atomic E-state index is 13.7. The normalized spacial score (nSPS) is 16.9. The Morgan fingerprint density at radius 2 is 1.68 bits per heavy atom. The molecule has 3 rings (SSSR count). The largest absolute Gasteiger partial charge is 0.872 e. The van der Waals surface area contributed by atoms with Crippen LogP contribution in [0.2, 0.25) is 0 Å². The number of ketones is 1. The summed E-state index contributed by atoms with van der Waals surface area (Å²) in [6.07, 6.45) is 0.840. The molecule has 0 saturated carbocycles. The summed E-state index contributed by atoms with van der Waals surface area (Å²) >= 11 is 0. The van der Waals surface area contributed by atoms with E-state index in [0.29, 0.717) is 54.7 Å². The number of hydrogen-bond donors (Lipinski definition) is 1. The number of likely N-dealkylation sites (N-methyl/N-ethyl adjacent to an activating group) is 1. The second-order valence-corrected chi connectivity index (χ2v) is 8.90. The molecule has 1 amide bonds. The fraction of sp³-hybridized carbons (Fsp3) is 0.448. The summed E-state index contributed by atoms with van der Waals surface area (Å²) in [4.78, 5) is 29.4. The van der Waals surface area contributed by atoms with Crippen LogP contribution in [0.1, 0.15) is 51.3 Å². The van der Waals surface area contributed by atoms with E-state index >= 15 is 0 Å². The minimum absolute atomic E-state index is 0.0482. The monoisotopic (exact) mass is 510 g/mol. The molecule has 0 aliphatic carbocycles. The molecular formula is C29H38N2O6. The van der Waals surface area contributed by atoms with E-state index in [4.69, 9.17) is 14.2 Å². The molecule has 200 valence electrons. The van der Waals surface area contributed by atoms with Gasteiger partial charge in [0.15, 0.2) is 11.5 Å². The standard InChI is InChI=1S/C29H38N2O6/c1-6-18-37-23-15-12-21(19-24(23)35-5)26-25(27(32)20-10-13-22(14-11-20)36-9-4)28(33)29(34)31(26)17-16-30(7-2)8-3/h10-15,19,26,32H,6-9,16-18H2,1-5H3/b27-25+. The van der Waals surface area contributed by atoms with Gasteiger partial charge in [-0.1, -0.05) is 30.9 Å². The van der Waals surface area contributed by atoms with Crippen LogP contribution in [0.15, 0.2) is 48.0 Å².